The van der Waals surface area contributed by atoms with Crippen LogP contribution in [0.3, 0.4) is 0 Å². The van der Waals surface area contributed by atoms with Gasteiger partial charge in [-0.1, -0.05) is 31.5 Å². The minimum absolute atomic E-state index is 0.190. The SMILES string of the molecule is CCCCOC(=O)c1ccc(NC(=O)Cc2cccc(C(F)(F)F)c2)cc1. The maximum absolute atomic E-state index is 12.7. The number of carbonyl (C=O) groups excluding carboxylic acids is 2. The maximum Gasteiger partial charge on any atom is 0.416 e. The molecule has 7 heteroatoms. The van der Waals surface area contributed by atoms with Gasteiger partial charge in [0, 0.05) is 5.69 Å². The fourth-order valence-electron chi connectivity index (χ4n) is 2.33. The number of ether oxygens (including phenoxy) is 1. The highest BCUT2D eigenvalue weighted by Crippen LogP contribution is 2.29. The van der Waals surface area contributed by atoms with Crippen LogP contribution in [0, 0.1) is 0 Å². The van der Waals surface area contributed by atoms with Crippen molar-refractivity contribution in [2.75, 3.05) is 11.9 Å². The number of unbranched alkanes of at least 4 members (excludes halogenated alkanes) is 1. The molecule has 27 heavy (non-hydrogen) atoms. The number of carbonyl (C=O) groups is 2. The second-order valence-electron chi connectivity index (χ2n) is 5.99. The first-order valence-corrected chi connectivity index (χ1v) is 8.52. The molecule has 0 atom stereocenters. The van der Waals surface area contributed by atoms with Crippen LogP contribution >= 0.6 is 0 Å². The van der Waals surface area contributed by atoms with Crippen molar-refractivity contribution >= 4 is 17.6 Å². The van der Waals surface area contributed by atoms with Crippen LogP contribution in [0.25, 0.3) is 0 Å². The average molecular weight is 379 g/mol. The van der Waals surface area contributed by atoms with E-state index in [9.17, 15) is 22.8 Å². The molecule has 0 aliphatic rings. The van der Waals surface area contributed by atoms with Gasteiger partial charge in [0.2, 0.25) is 5.91 Å². The van der Waals surface area contributed by atoms with Crippen molar-refractivity contribution in [3.05, 3.63) is 65.2 Å². The van der Waals surface area contributed by atoms with Crippen LogP contribution in [0.4, 0.5) is 18.9 Å². The number of hydrogen-bond donors (Lipinski definition) is 1. The van der Waals surface area contributed by atoms with E-state index in [1.54, 1.807) is 12.1 Å². The average Bonchev–Trinajstić information content (AvgIpc) is 2.62. The van der Waals surface area contributed by atoms with Crippen LogP contribution in [-0.2, 0) is 22.1 Å². The molecule has 1 amide bonds. The van der Waals surface area contributed by atoms with Gasteiger partial charge in [-0.15, -0.1) is 0 Å². The summed E-state index contributed by atoms with van der Waals surface area (Å²) in [4.78, 5) is 23.9. The van der Waals surface area contributed by atoms with E-state index in [-0.39, 0.29) is 12.0 Å². The normalized spacial score (nSPS) is 11.1. The molecule has 0 fully saturated rings. The number of halogens is 3. The van der Waals surface area contributed by atoms with Crippen LogP contribution < -0.4 is 5.32 Å². The Balaban J connectivity index is 1.93. The Bertz CT molecular complexity index is 786. The number of benzene rings is 2. The fraction of sp³-hybridized carbons (Fsp3) is 0.300. The lowest BCUT2D eigenvalue weighted by atomic mass is 10.1. The lowest BCUT2D eigenvalue weighted by molar-refractivity contribution is -0.137. The number of amides is 1. The Morgan fingerprint density at radius 3 is 2.41 bits per heavy atom. The van der Waals surface area contributed by atoms with Crippen molar-refractivity contribution in [3.63, 3.8) is 0 Å². The Morgan fingerprint density at radius 1 is 1.07 bits per heavy atom. The summed E-state index contributed by atoms with van der Waals surface area (Å²) in [5, 5.41) is 2.59. The van der Waals surface area contributed by atoms with Gasteiger partial charge in [-0.05, 0) is 42.3 Å². The molecule has 0 aliphatic carbocycles. The lowest BCUT2D eigenvalue weighted by Crippen LogP contribution is -2.15. The van der Waals surface area contributed by atoms with Crippen molar-refractivity contribution in [2.24, 2.45) is 0 Å². The number of anilines is 1. The Morgan fingerprint density at radius 2 is 1.78 bits per heavy atom. The van der Waals surface area contributed by atoms with Crippen molar-refractivity contribution in [2.45, 2.75) is 32.4 Å². The quantitative estimate of drug-likeness (QED) is 0.553. The van der Waals surface area contributed by atoms with E-state index in [0.29, 0.717) is 17.9 Å². The minimum atomic E-state index is -4.45. The summed E-state index contributed by atoms with van der Waals surface area (Å²) in [6, 6.07) is 10.8. The molecular weight excluding hydrogens is 359 g/mol. The molecule has 0 spiro atoms. The molecule has 0 saturated carbocycles. The maximum atomic E-state index is 12.7. The summed E-state index contributed by atoms with van der Waals surface area (Å²) < 4.78 is 43.2. The van der Waals surface area contributed by atoms with E-state index < -0.39 is 23.6 Å². The lowest BCUT2D eigenvalue weighted by Gasteiger charge is -2.09. The van der Waals surface area contributed by atoms with Crippen LogP contribution in [0.2, 0.25) is 0 Å². The van der Waals surface area contributed by atoms with Gasteiger partial charge in [0.1, 0.15) is 0 Å². The Hall–Kier alpha value is -2.83. The van der Waals surface area contributed by atoms with Crippen LogP contribution in [0.15, 0.2) is 48.5 Å². The van der Waals surface area contributed by atoms with Crippen molar-refractivity contribution in [1.29, 1.82) is 0 Å². The van der Waals surface area contributed by atoms with Gasteiger partial charge in [-0.2, -0.15) is 13.2 Å². The molecule has 4 nitrogen and oxygen atoms in total. The number of rotatable bonds is 7. The van der Waals surface area contributed by atoms with Crippen molar-refractivity contribution in [3.8, 4) is 0 Å². The fourth-order valence-corrected chi connectivity index (χ4v) is 2.33. The second kappa shape index (κ2) is 9.21. The molecule has 0 bridgehead atoms. The van der Waals surface area contributed by atoms with Crippen LogP contribution in [0.5, 0.6) is 0 Å². The molecule has 144 valence electrons. The molecule has 0 saturated heterocycles. The minimum Gasteiger partial charge on any atom is -0.462 e. The Kier molecular flexibility index (Phi) is 6.98. The molecule has 0 unspecified atom stereocenters. The van der Waals surface area contributed by atoms with Gasteiger partial charge in [0.05, 0.1) is 24.2 Å². The highest BCUT2D eigenvalue weighted by molar-refractivity contribution is 5.94. The van der Waals surface area contributed by atoms with Gasteiger partial charge >= 0.3 is 12.1 Å². The molecule has 2 aromatic rings. The third kappa shape index (κ3) is 6.44. The Labute approximate surface area is 155 Å². The van der Waals surface area contributed by atoms with Crippen LogP contribution in [0.1, 0.15) is 41.3 Å². The van der Waals surface area contributed by atoms with Gasteiger partial charge in [0.15, 0.2) is 0 Å². The zero-order valence-electron chi connectivity index (χ0n) is 14.8. The summed E-state index contributed by atoms with van der Waals surface area (Å²) in [5.74, 6) is -0.891. The van der Waals surface area contributed by atoms with Gasteiger partial charge in [-0.25, -0.2) is 4.79 Å². The van der Waals surface area contributed by atoms with Crippen molar-refractivity contribution in [1.82, 2.24) is 0 Å². The molecule has 0 aromatic heterocycles. The smallest absolute Gasteiger partial charge is 0.416 e. The molecule has 2 aromatic carbocycles. The topological polar surface area (TPSA) is 55.4 Å². The third-order valence-corrected chi connectivity index (χ3v) is 3.75. The van der Waals surface area contributed by atoms with E-state index in [4.69, 9.17) is 4.74 Å². The number of hydrogen-bond acceptors (Lipinski definition) is 3. The molecule has 0 heterocycles. The van der Waals surface area contributed by atoms with E-state index in [0.717, 1.165) is 25.0 Å². The summed E-state index contributed by atoms with van der Waals surface area (Å²) in [7, 11) is 0. The summed E-state index contributed by atoms with van der Waals surface area (Å²) in [5.41, 5.74) is 0.274. The zero-order valence-corrected chi connectivity index (χ0v) is 14.8. The predicted octanol–water partition coefficient (Wildman–Crippen LogP) is 4.84. The number of nitrogens with one attached hydrogen (secondary N) is 1. The first-order chi connectivity index (χ1) is 12.8. The van der Waals surface area contributed by atoms with E-state index >= 15 is 0 Å². The molecule has 0 aliphatic heterocycles. The highest BCUT2D eigenvalue weighted by Gasteiger charge is 2.30. The van der Waals surface area contributed by atoms with E-state index in [1.807, 2.05) is 6.92 Å². The standard InChI is InChI=1S/C20H20F3NO3/c1-2-3-11-27-19(26)15-7-9-17(10-8-15)24-18(25)13-14-5-4-6-16(12-14)20(21,22)23/h4-10,12H,2-3,11,13H2,1H3,(H,24,25). The summed E-state index contributed by atoms with van der Waals surface area (Å²) in [6.45, 7) is 2.34. The van der Waals surface area contributed by atoms with Gasteiger partial charge in [0.25, 0.3) is 0 Å². The molecule has 1 N–H and O–H groups in total. The largest absolute Gasteiger partial charge is 0.462 e. The van der Waals surface area contributed by atoms with Gasteiger partial charge < -0.3 is 10.1 Å². The number of esters is 1. The number of alkyl halides is 3. The van der Waals surface area contributed by atoms with E-state index in [2.05, 4.69) is 5.32 Å². The second-order valence-corrected chi connectivity index (χ2v) is 5.99. The van der Waals surface area contributed by atoms with Gasteiger partial charge in [-0.3, -0.25) is 4.79 Å². The summed E-state index contributed by atoms with van der Waals surface area (Å²) in [6.07, 6.45) is -2.93. The van der Waals surface area contributed by atoms with Crippen LogP contribution in [-0.4, -0.2) is 18.5 Å². The third-order valence-electron chi connectivity index (χ3n) is 3.75. The monoisotopic (exact) mass is 379 g/mol. The first kappa shape index (κ1) is 20.5. The predicted molar refractivity (Wildman–Crippen MR) is 95.4 cm³/mol. The first-order valence-electron chi connectivity index (χ1n) is 8.52. The summed E-state index contributed by atoms with van der Waals surface area (Å²) >= 11 is 0. The zero-order chi connectivity index (χ0) is 19.9. The molecule has 2 rings (SSSR count). The molecule has 0 radical (unpaired) electrons. The van der Waals surface area contributed by atoms with E-state index in [1.165, 1.54) is 24.3 Å². The molecular formula is C20H20F3NO3. The highest BCUT2D eigenvalue weighted by atomic mass is 19.4. The van der Waals surface area contributed by atoms with Crippen molar-refractivity contribution < 1.29 is 27.5 Å².